The van der Waals surface area contributed by atoms with E-state index in [9.17, 15) is 14.4 Å². The van der Waals surface area contributed by atoms with Gasteiger partial charge in [-0.1, -0.05) is 41.4 Å². The summed E-state index contributed by atoms with van der Waals surface area (Å²) in [5.41, 5.74) is 4.33. The van der Waals surface area contributed by atoms with Crippen LogP contribution in [0.4, 0.5) is 11.4 Å². The van der Waals surface area contributed by atoms with E-state index in [1.165, 1.54) is 6.07 Å². The molecule has 1 aromatic heterocycles. The molecule has 1 aliphatic rings. The largest absolute Gasteiger partial charge is 0.370 e. The molecule has 3 aromatic carbocycles. The van der Waals surface area contributed by atoms with E-state index >= 15 is 0 Å². The zero-order valence-electron chi connectivity index (χ0n) is 18.3. The summed E-state index contributed by atoms with van der Waals surface area (Å²) in [6.45, 7) is 0.488. The summed E-state index contributed by atoms with van der Waals surface area (Å²) in [6, 6.07) is 21.9. The second kappa shape index (κ2) is 9.41. The Hall–Kier alpha value is -3.87. The highest BCUT2D eigenvalue weighted by Crippen LogP contribution is 2.32. The fourth-order valence-electron chi connectivity index (χ4n) is 4.19. The van der Waals surface area contributed by atoms with Crippen molar-refractivity contribution < 1.29 is 14.4 Å². The number of aldehydes is 1. The van der Waals surface area contributed by atoms with E-state index < -0.39 is 6.04 Å². The van der Waals surface area contributed by atoms with Gasteiger partial charge in [-0.3, -0.25) is 14.4 Å². The van der Waals surface area contributed by atoms with Gasteiger partial charge < -0.3 is 15.2 Å². The zero-order valence-corrected chi connectivity index (χ0v) is 19.8. The van der Waals surface area contributed by atoms with Gasteiger partial charge >= 0.3 is 0 Å². The lowest BCUT2D eigenvalue weighted by Crippen LogP contribution is -2.22. The number of carbonyl (C=O) groups is 3. The lowest BCUT2D eigenvalue weighted by atomic mass is 10.0. The van der Waals surface area contributed by atoms with Crippen LogP contribution >= 0.6 is 23.2 Å². The van der Waals surface area contributed by atoms with Crippen molar-refractivity contribution in [3.05, 3.63) is 117 Å². The maximum atomic E-state index is 13.6. The predicted octanol–water partition coefficient (Wildman–Crippen LogP) is 6.26. The first kappa shape index (κ1) is 22.9. The number of rotatable bonds is 5. The number of anilines is 2. The van der Waals surface area contributed by atoms with Crippen molar-refractivity contribution in [1.82, 2.24) is 4.57 Å². The highest BCUT2D eigenvalue weighted by molar-refractivity contribution is 6.37. The smallest absolute Gasteiger partial charge is 0.257 e. The normalized spacial score (nSPS) is 14.2. The fourth-order valence-corrected chi connectivity index (χ4v) is 4.69. The van der Waals surface area contributed by atoms with Crippen LogP contribution in [0.3, 0.4) is 0 Å². The van der Waals surface area contributed by atoms with Gasteiger partial charge in [0.15, 0.2) is 12.1 Å². The summed E-state index contributed by atoms with van der Waals surface area (Å²) in [6.07, 6.45) is 0.795. The monoisotopic (exact) mass is 503 g/mol. The molecule has 1 atom stereocenters. The molecule has 0 bridgehead atoms. The first-order chi connectivity index (χ1) is 16.9. The van der Waals surface area contributed by atoms with Crippen LogP contribution in [0.1, 0.15) is 48.5 Å². The molecule has 0 spiro atoms. The number of Topliss-reactive ketones (excluding diaryl/α,β-unsaturated/α-hetero) is 1. The van der Waals surface area contributed by atoms with Gasteiger partial charge in [-0.25, -0.2) is 0 Å². The van der Waals surface area contributed by atoms with Crippen LogP contribution in [0.15, 0.2) is 78.9 Å². The van der Waals surface area contributed by atoms with Crippen LogP contribution in [-0.2, 0) is 6.54 Å². The molecule has 2 N–H and O–H groups in total. The van der Waals surface area contributed by atoms with Gasteiger partial charge in [0.05, 0.1) is 22.8 Å². The van der Waals surface area contributed by atoms with Crippen molar-refractivity contribution in [3.8, 4) is 0 Å². The summed E-state index contributed by atoms with van der Waals surface area (Å²) >= 11 is 12.0. The summed E-state index contributed by atoms with van der Waals surface area (Å²) < 4.78 is 1.86. The van der Waals surface area contributed by atoms with Crippen LogP contribution < -0.4 is 10.6 Å². The molecule has 2 heterocycles. The van der Waals surface area contributed by atoms with E-state index in [0.29, 0.717) is 39.8 Å². The van der Waals surface area contributed by atoms with E-state index in [4.69, 9.17) is 23.2 Å². The van der Waals surface area contributed by atoms with Gasteiger partial charge in [-0.05, 0) is 66.2 Å². The number of amides is 1. The SMILES string of the molecule is O=Cc1ccc2n1Cc1ccccc1NC2C(=O)c1ccc(NC(=O)c2ccc(Cl)cc2Cl)cc1. The first-order valence-corrected chi connectivity index (χ1v) is 11.6. The number of halogens is 2. The van der Waals surface area contributed by atoms with Gasteiger partial charge in [-0.2, -0.15) is 0 Å². The molecule has 6 nitrogen and oxygen atoms in total. The zero-order chi connectivity index (χ0) is 24.5. The van der Waals surface area contributed by atoms with Gasteiger partial charge in [0.2, 0.25) is 0 Å². The lowest BCUT2D eigenvalue weighted by molar-refractivity contribution is 0.0965. The first-order valence-electron chi connectivity index (χ1n) is 10.8. The number of ketones is 1. The Morgan fingerprint density at radius 2 is 1.74 bits per heavy atom. The molecule has 174 valence electrons. The van der Waals surface area contributed by atoms with Crippen LogP contribution in [-0.4, -0.2) is 22.5 Å². The number of fused-ring (bicyclic) bond motifs is 2. The second-order valence-electron chi connectivity index (χ2n) is 8.14. The highest BCUT2D eigenvalue weighted by Gasteiger charge is 2.29. The molecule has 0 saturated carbocycles. The number of nitrogens with zero attached hydrogens (tertiary/aromatic N) is 1. The summed E-state index contributed by atoms with van der Waals surface area (Å²) in [5, 5.41) is 6.82. The molecule has 0 fully saturated rings. The van der Waals surface area contributed by atoms with Gasteiger partial charge in [-0.15, -0.1) is 0 Å². The average molecular weight is 504 g/mol. The quantitative estimate of drug-likeness (QED) is 0.249. The number of nitrogens with one attached hydrogen (secondary N) is 2. The maximum Gasteiger partial charge on any atom is 0.257 e. The Morgan fingerprint density at radius 1 is 0.971 bits per heavy atom. The topological polar surface area (TPSA) is 80.2 Å². The predicted molar refractivity (Wildman–Crippen MR) is 137 cm³/mol. The average Bonchev–Trinajstić information content (AvgIpc) is 3.17. The molecule has 1 unspecified atom stereocenters. The van der Waals surface area contributed by atoms with Crippen molar-refractivity contribution in [3.63, 3.8) is 0 Å². The number of para-hydroxylation sites is 1. The van der Waals surface area contributed by atoms with E-state index in [1.807, 2.05) is 28.8 Å². The van der Waals surface area contributed by atoms with Crippen LogP contribution in [0, 0.1) is 0 Å². The Morgan fingerprint density at radius 3 is 2.49 bits per heavy atom. The number of benzene rings is 3. The van der Waals surface area contributed by atoms with Crippen LogP contribution in [0.25, 0.3) is 0 Å². The van der Waals surface area contributed by atoms with Crippen molar-refractivity contribution in [2.45, 2.75) is 12.6 Å². The minimum absolute atomic E-state index is 0.155. The molecule has 0 radical (unpaired) electrons. The van der Waals surface area contributed by atoms with E-state index in [-0.39, 0.29) is 16.7 Å². The number of aromatic nitrogens is 1. The minimum Gasteiger partial charge on any atom is -0.370 e. The Kier molecular flexibility index (Phi) is 6.16. The lowest BCUT2D eigenvalue weighted by Gasteiger charge is -2.18. The molecule has 35 heavy (non-hydrogen) atoms. The Balaban J connectivity index is 1.41. The minimum atomic E-state index is -0.680. The molecular formula is C27H19Cl2N3O3. The molecule has 0 aliphatic carbocycles. The third-order valence-corrected chi connectivity index (χ3v) is 6.52. The van der Waals surface area contributed by atoms with Crippen molar-refractivity contribution in [2.75, 3.05) is 10.6 Å². The molecule has 1 aliphatic heterocycles. The van der Waals surface area contributed by atoms with Crippen molar-refractivity contribution >= 4 is 52.6 Å². The maximum absolute atomic E-state index is 13.6. The third kappa shape index (κ3) is 4.46. The van der Waals surface area contributed by atoms with Gasteiger partial charge in [0.25, 0.3) is 5.91 Å². The number of hydrogen-bond donors (Lipinski definition) is 2. The van der Waals surface area contributed by atoms with Crippen molar-refractivity contribution in [2.24, 2.45) is 0 Å². The molecule has 8 heteroatoms. The summed E-state index contributed by atoms with van der Waals surface area (Å²) in [4.78, 5) is 37.8. The van der Waals surface area contributed by atoms with Crippen LogP contribution in [0.5, 0.6) is 0 Å². The molecular weight excluding hydrogens is 485 g/mol. The summed E-state index contributed by atoms with van der Waals surface area (Å²) in [7, 11) is 0. The molecule has 1 amide bonds. The van der Waals surface area contributed by atoms with E-state index in [0.717, 1.165) is 17.5 Å². The Labute approximate surface area is 211 Å². The second-order valence-corrected chi connectivity index (χ2v) is 8.99. The molecule has 5 rings (SSSR count). The van der Waals surface area contributed by atoms with Gasteiger partial charge in [0, 0.05) is 27.7 Å². The highest BCUT2D eigenvalue weighted by atomic mass is 35.5. The van der Waals surface area contributed by atoms with Gasteiger partial charge in [0.1, 0.15) is 6.04 Å². The molecule has 0 saturated heterocycles. The standard InChI is InChI=1S/C27H19Cl2N3O3/c28-18-7-11-21(22(29)13-18)27(35)30-19-8-5-16(6-9-19)26(34)25-24-12-10-20(15-33)32(24)14-17-3-1-2-4-23(17)31-25/h1-13,15,25,31H,14H2,(H,30,35). The number of carbonyl (C=O) groups excluding carboxylic acids is 3. The number of hydrogen-bond acceptors (Lipinski definition) is 4. The van der Waals surface area contributed by atoms with E-state index in [2.05, 4.69) is 10.6 Å². The fraction of sp³-hybridized carbons (Fsp3) is 0.0741. The third-order valence-electron chi connectivity index (χ3n) is 5.98. The van der Waals surface area contributed by atoms with Crippen LogP contribution in [0.2, 0.25) is 10.0 Å². The Bertz CT molecular complexity index is 1460. The summed E-state index contributed by atoms with van der Waals surface area (Å²) in [5.74, 6) is -0.538. The molecule has 4 aromatic rings. The van der Waals surface area contributed by atoms with Crippen molar-refractivity contribution in [1.29, 1.82) is 0 Å². The van der Waals surface area contributed by atoms with E-state index in [1.54, 1.807) is 48.5 Å².